The van der Waals surface area contributed by atoms with E-state index < -0.39 is 0 Å². The molecule has 0 aliphatic carbocycles. The van der Waals surface area contributed by atoms with Crippen LogP contribution in [0.4, 0.5) is 0 Å². The van der Waals surface area contributed by atoms with E-state index in [-0.39, 0.29) is 6.04 Å². The summed E-state index contributed by atoms with van der Waals surface area (Å²) in [7, 11) is 2.00. The summed E-state index contributed by atoms with van der Waals surface area (Å²) >= 11 is 6.20. The normalized spacial score (nSPS) is 13.6. The Morgan fingerprint density at radius 2 is 2.00 bits per heavy atom. The summed E-state index contributed by atoms with van der Waals surface area (Å²) < 4.78 is 2.05. The van der Waals surface area contributed by atoms with Crippen LogP contribution in [0, 0.1) is 5.92 Å². The molecule has 2 N–H and O–H groups in total. The second-order valence-electron chi connectivity index (χ2n) is 4.60. The van der Waals surface area contributed by atoms with Crippen LogP contribution in [0.3, 0.4) is 0 Å². The highest BCUT2D eigenvalue weighted by molar-refractivity contribution is 6.35. The van der Waals surface area contributed by atoms with E-state index in [9.17, 15) is 0 Å². The zero-order valence-electron chi connectivity index (χ0n) is 9.87. The fraction of sp³-hybridized carbons (Fsp3) is 0.385. The average molecular weight is 237 g/mol. The van der Waals surface area contributed by atoms with Crippen molar-refractivity contribution in [2.24, 2.45) is 18.7 Å². The van der Waals surface area contributed by atoms with Crippen LogP contribution in [-0.4, -0.2) is 4.57 Å². The quantitative estimate of drug-likeness (QED) is 0.850. The molecule has 2 rings (SSSR count). The molecular weight excluding hydrogens is 220 g/mol. The molecule has 86 valence electrons. The van der Waals surface area contributed by atoms with Crippen LogP contribution >= 0.6 is 11.6 Å². The zero-order chi connectivity index (χ0) is 11.9. The standard InChI is InChI=1S/C13H17ClN2/c1-8(2)12(15)10-7-16(3)13-9(10)5-4-6-11(13)14/h4-8,12H,15H2,1-3H3. The SMILES string of the molecule is CC(C)C(N)c1cn(C)c2c(Cl)cccc12. The maximum atomic E-state index is 6.21. The molecule has 1 heterocycles. The van der Waals surface area contributed by atoms with Crippen molar-refractivity contribution in [2.45, 2.75) is 19.9 Å². The largest absolute Gasteiger partial charge is 0.349 e. The van der Waals surface area contributed by atoms with Gasteiger partial charge < -0.3 is 10.3 Å². The van der Waals surface area contributed by atoms with Gasteiger partial charge in [0.05, 0.1) is 10.5 Å². The first-order valence-electron chi connectivity index (χ1n) is 5.51. The van der Waals surface area contributed by atoms with Gasteiger partial charge in [-0.05, 0) is 17.5 Å². The number of aromatic nitrogens is 1. The van der Waals surface area contributed by atoms with Crippen molar-refractivity contribution >= 4 is 22.5 Å². The molecule has 1 aromatic carbocycles. The molecule has 0 spiro atoms. The second kappa shape index (κ2) is 4.11. The van der Waals surface area contributed by atoms with Gasteiger partial charge in [0, 0.05) is 24.7 Å². The van der Waals surface area contributed by atoms with Crippen molar-refractivity contribution < 1.29 is 0 Å². The Morgan fingerprint density at radius 3 is 2.62 bits per heavy atom. The number of fused-ring (bicyclic) bond motifs is 1. The number of nitrogens with zero attached hydrogens (tertiary/aromatic N) is 1. The first kappa shape index (κ1) is 11.5. The Labute approximate surface area is 101 Å². The highest BCUT2D eigenvalue weighted by atomic mass is 35.5. The van der Waals surface area contributed by atoms with Crippen molar-refractivity contribution in [3.63, 3.8) is 0 Å². The molecule has 0 fully saturated rings. The summed E-state index contributed by atoms with van der Waals surface area (Å²) in [5.41, 5.74) is 8.45. The first-order chi connectivity index (χ1) is 7.52. The zero-order valence-corrected chi connectivity index (χ0v) is 10.6. The Hall–Kier alpha value is -0.990. The molecule has 0 aliphatic heterocycles. The number of hydrogen-bond donors (Lipinski definition) is 1. The molecule has 0 radical (unpaired) electrons. The van der Waals surface area contributed by atoms with Crippen LogP contribution in [-0.2, 0) is 7.05 Å². The van der Waals surface area contributed by atoms with Crippen molar-refractivity contribution in [2.75, 3.05) is 0 Å². The minimum atomic E-state index is 0.0576. The summed E-state index contributed by atoms with van der Waals surface area (Å²) in [6.07, 6.45) is 2.08. The second-order valence-corrected chi connectivity index (χ2v) is 5.01. The van der Waals surface area contributed by atoms with E-state index in [0.29, 0.717) is 5.92 Å². The van der Waals surface area contributed by atoms with Crippen LogP contribution < -0.4 is 5.73 Å². The first-order valence-corrected chi connectivity index (χ1v) is 5.89. The number of hydrogen-bond acceptors (Lipinski definition) is 1. The maximum absolute atomic E-state index is 6.21. The Balaban J connectivity index is 2.69. The van der Waals surface area contributed by atoms with Crippen LogP contribution in [0.2, 0.25) is 5.02 Å². The molecule has 0 saturated heterocycles. The molecule has 0 amide bonds. The number of rotatable bonds is 2. The summed E-state index contributed by atoms with van der Waals surface area (Å²) in [6, 6.07) is 6.02. The lowest BCUT2D eigenvalue weighted by Crippen LogP contribution is -2.16. The van der Waals surface area contributed by atoms with Crippen LogP contribution in [0.5, 0.6) is 0 Å². The van der Waals surface area contributed by atoms with Gasteiger partial charge in [-0.15, -0.1) is 0 Å². The lowest BCUT2D eigenvalue weighted by molar-refractivity contribution is 0.516. The molecule has 0 aliphatic rings. The minimum absolute atomic E-state index is 0.0576. The summed E-state index contributed by atoms with van der Waals surface area (Å²) in [4.78, 5) is 0. The third kappa shape index (κ3) is 1.72. The lowest BCUT2D eigenvalue weighted by Gasteiger charge is -2.14. The third-order valence-corrected chi connectivity index (χ3v) is 3.37. The van der Waals surface area contributed by atoms with Gasteiger partial charge in [-0.1, -0.05) is 37.6 Å². The predicted octanol–water partition coefficient (Wildman–Crippen LogP) is 3.49. The lowest BCUT2D eigenvalue weighted by atomic mass is 9.97. The van der Waals surface area contributed by atoms with E-state index in [4.69, 9.17) is 17.3 Å². The van der Waals surface area contributed by atoms with E-state index >= 15 is 0 Å². The van der Waals surface area contributed by atoms with Gasteiger partial charge in [0.1, 0.15) is 0 Å². The smallest absolute Gasteiger partial charge is 0.0670 e. The molecule has 1 atom stereocenters. The molecule has 2 aromatic rings. The van der Waals surface area contributed by atoms with Gasteiger partial charge in [-0.3, -0.25) is 0 Å². The number of aryl methyl sites for hydroxylation is 1. The molecule has 1 unspecified atom stereocenters. The third-order valence-electron chi connectivity index (χ3n) is 3.06. The number of para-hydroxylation sites is 1. The van der Waals surface area contributed by atoms with Crippen LogP contribution in [0.15, 0.2) is 24.4 Å². The Morgan fingerprint density at radius 1 is 1.31 bits per heavy atom. The Bertz CT molecular complexity index is 514. The van der Waals surface area contributed by atoms with E-state index in [1.54, 1.807) is 0 Å². The number of nitrogens with two attached hydrogens (primary N) is 1. The van der Waals surface area contributed by atoms with Gasteiger partial charge in [0.15, 0.2) is 0 Å². The predicted molar refractivity (Wildman–Crippen MR) is 69.7 cm³/mol. The van der Waals surface area contributed by atoms with Crippen LogP contribution in [0.25, 0.3) is 10.9 Å². The van der Waals surface area contributed by atoms with Gasteiger partial charge in [-0.25, -0.2) is 0 Å². The van der Waals surface area contributed by atoms with E-state index in [2.05, 4.69) is 30.7 Å². The monoisotopic (exact) mass is 236 g/mol. The van der Waals surface area contributed by atoms with Gasteiger partial charge in [0.25, 0.3) is 0 Å². The number of halogens is 1. The highest BCUT2D eigenvalue weighted by Gasteiger charge is 2.17. The molecule has 2 nitrogen and oxygen atoms in total. The fourth-order valence-electron chi connectivity index (χ4n) is 2.07. The fourth-order valence-corrected chi connectivity index (χ4v) is 2.38. The van der Waals surface area contributed by atoms with Gasteiger partial charge >= 0.3 is 0 Å². The van der Waals surface area contributed by atoms with Crippen LogP contribution in [0.1, 0.15) is 25.5 Å². The minimum Gasteiger partial charge on any atom is -0.349 e. The van der Waals surface area contributed by atoms with E-state index in [1.165, 1.54) is 5.56 Å². The molecule has 16 heavy (non-hydrogen) atoms. The maximum Gasteiger partial charge on any atom is 0.0670 e. The average Bonchev–Trinajstić information content (AvgIpc) is 2.56. The molecule has 0 bridgehead atoms. The summed E-state index contributed by atoms with van der Waals surface area (Å²) in [5, 5.41) is 1.94. The van der Waals surface area contributed by atoms with Crippen molar-refractivity contribution in [3.8, 4) is 0 Å². The number of benzene rings is 1. The summed E-state index contributed by atoms with van der Waals surface area (Å²) in [6.45, 7) is 4.27. The topological polar surface area (TPSA) is 30.9 Å². The highest BCUT2D eigenvalue weighted by Crippen LogP contribution is 2.32. The summed E-state index contributed by atoms with van der Waals surface area (Å²) in [5.74, 6) is 0.421. The molecular formula is C13H17ClN2. The van der Waals surface area contributed by atoms with Crippen molar-refractivity contribution in [1.82, 2.24) is 4.57 Å². The van der Waals surface area contributed by atoms with Gasteiger partial charge in [-0.2, -0.15) is 0 Å². The molecule has 0 saturated carbocycles. The molecule has 3 heteroatoms. The van der Waals surface area contributed by atoms with Crippen molar-refractivity contribution in [3.05, 3.63) is 35.0 Å². The van der Waals surface area contributed by atoms with E-state index in [1.807, 2.05) is 19.2 Å². The Kier molecular flexibility index (Phi) is 2.96. The van der Waals surface area contributed by atoms with Crippen molar-refractivity contribution in [1.29, 1.82) is 0 Å². The molecule has 1 aromatic heterocycles. The van der Waals surface area contributed by atoms with Gasteiger partial charge in [0.2, 0.25) is 0 Å². The van der Waals surface area contributed by atoms with E-state index in [0.717, 1.165) is 15.9 Å².